The van der Waals surface area contributed by atoms with Crippen molar-refractivity contribution < 1.29 is 26.1 Å². The number of non-ortho nitro benzene ring substituents is 1. The van der Waals surface area contributed by atoms with Crippen molar-refractivity contribution in [1.29, 1.82) is 0 Å². The molecular weight excluding hydrogens is 325 g/mol. The Kier molecular flexibility index (Phi) is 4.48. The molecule has 0 saturated heterocycles. The molecule has 0 fully saturated rings. The van der Waals surface area contributed by atoms with Gasteiger partial charge in [0.1, 0.15) is 10.7 Å². The van der Waals surface area contributed by atoms with Gasteiger partial charge < -0.3 is 0 Å². The van der Waals surface area contributed by atoms with Crippen LogP contribution in [0.2, 0.25) is 0 Å². The fraction of sp³-hybridized carbons (Fsp3) is 0.250. The van der Waals surface area contributed by atoms with Crippen molar-refractivity contribution in [3.63, 3.8) is 0 Å². The lowest BCUT2D eigenvalue weighted by molar-refractivity contribution is -0.385. The van der Waals surface area contributed by atoms with Crippen LogP contribution in [0, 0.1) is 15.9 Å². The number of rotatable bonds is 5. The van der Waals surface area contributed by atoms with Crippen molar-refractivity contribution in [2.45, 2.75) is 4.90 Å². The third-order valence-electron chi connectivity index (χ3n) is 2.06. The van der Waals surface area contributed by atoms with Crippen molar-refractivity contribution in [2.24, 2.45) is 0 Å². The Bertz CT molecular complexity index is 715. The van der Waals surface area contributed by atoms with E-state index < -0.39 is 51.7 Å². The minimum Gasteiger partial charge on any atom is -0.258 e. The van der Waals surface area contributed by atoms with E-state index in [2.05, 4.69) is 0 Å². The third kappa shape index (κ3) is 4.40. The van der Waals surface area contributed by atoms with E-state index in [9.17, 15) is 31.3 Å². The highest BCUT2D eigenvalue weighted by molar-refractivity contribution is 8.14. The van der Waals surface area contributed by atoms with Gasteiger partial charge in [0.15, 0.2) is 9.84 Å². The number of hydrogen-bond donors (Lipinski definition) is 0. The topological polar surface area (TPSA) is 111 Å². The van der Waals surface area contributed by atoms with Gasteiger partial charge in [0.05, 0.1) is 22.5 Å². The zero-order valence-corrected chi connectivity index (χ0v) is 11.5. The van der Waals surface area contributed by atoms with Crippen LogP contribution in [0.25, 0.3) is 0 Å². The maximum atomic E-state index is 13.5. The molecule has 0 heterocycles. The van der Waals surface area contributed by atoms with Gasteiger partial charge in [0.2, 0.25) is 9.05 Å². The molecule has 0 radical (unpaired) electrons. The molecule has 0 bridgehead atoms. The van der Waals surface area contributed by atoms with Crippen LogP contribution in [0.5, 0.6) is 0 Å². The first-order valence-corrected chi connectivity index (χ1v) is 8.75. The summed E-state index contributed by atoms with van der Waals surface area (Å²) >= 11 is 0. The molecule has 1 aromatic rings. The largest absolute Gasteiger partial charge is 0.272 e. The zero-order chi connectivity index (χ0) is 14.8. The average Bonchev–Trinajstić information content (AvgIpc) is 2.25. The standard InChI is InChI=1S/C8H7ClFNO6S2/c9-19(16,17)4-3-18(14,15)8-2-1-6(11(12)13)5-7(8)10/h1-2,5H,3-4H2. The summed E-state index contributed by atoms with van der Waals surface area (Å²) in [5.41, 5.74) is -0.610. The fourth-order valence-electron chi connectivity index (χ4n) is 1.17. The Labute approximate surface area is 112 Å². The van der Waals surface area contributed by atoms with E-state index in [1.54, 1.807) is 0 Å². The van der Waals surface area contributed by atoms with Crippen LogP contribution < -0.4 is 0 Å². The summed E-state index contributed by atoms with van der Waals surface area (Å²) in [6, 6.07) is 1.97. The average molecular weight is 332 g/mol. The van der Waals surface area contributed by atoms with Crippen molar-refractivity contribution in [1.82, 2.24) is 0 Å². The van der Waals surface area contributed by atoms with Gasteiger partial charge in [-0.15, -0.1) is 0 Å². The number of nitro benzene ring substituents is 1. The summed E-state index contributed by atoms with van der Waals surface area (Å²) in [5, 5.41) is 10.4. The van der Waals surface area contributed by atoms with E-state index in [0.29, 0.717) is 12.1 Å². The molecule has 1 aromatic carbocycles. The second kappa shape index (κ2) is 5.39. The Hall–Kier alpha value is -1.26. The Balaban J connectivity index is 3.12. The van der Waals surface area contributed by atoms with E-state index in [1.165, 1.54) is 0 Å². The first kappa shape index (κ1) is 15.8. The van der Waals surface area contributed by atoms with Gasteiger partial charge in [-0.2, -0.15) is 0 Å². The van der Waals surface area contributed by atoms with Crippen LogP contribution in [0.1, 0.15) is 0 Å². The lowest BCUT2D eigenvalue weighted by Crippen LogP contribution is -2.15. The van der Waals surface area contributed by atoms with Gasteiger partial charge in [-0.25, -0.2) is 21.2 Å². The lowest BCUT2D eigenvalue weighted by Gasteiger charge is -2.04. The molecule has 0 aliphatic rings. The number of nitro groups is 1. The van der Waals surface area contributed by atoms with Gasteiger partial charge in [0, 0.05) is 16.7 Å². The summed E-state index contributed by atoms with van der Waals surface area (Å²) in [7, 11) is -3.41. The molecule has 11 heteroatoms. The highest BCUT2D eigenvalue weighted by Crippen LogP contribution is 2.21. The second-order valence-corrected chi connectivity index (χ2v) is 8.41. The maximum Gasteiger partial charge on any atom is 0.272 e. The number of sulfone groups is 1. The normalized spacial score (nSPS) is 12.3. The Morgan fingerprint density at radius 1 is 1.21 bits per heavy atom. The summed E-state index contributed by atoms with van der Waals surface area (Å²) in [4.78, 5) is 8.67. The van der Waals surface area contributed by atoms with Gasteiger partial charge >= 0.3 is 0 Å². The summed E-state index contributed by atoms with van der Waals surface area (Å²) in [5.74, 6) is -3.11. The monoisotopic (exact) mass is 331 g/mol. The maximum absolute atomic E-state index is 13.5. The number of benzene rings is 1. The first-order valence-electron chi connectivity index (χ1n) is 4.62. The van der Waals surface area contributed by atoms with Crippen molar-refractivity contribution in [3.05, 3.63) is 34.1 Å². The van der Waals surface area contributed by atoms with E-state index in [1.807, 2.05) is 0 Å². The van der Waals surface area contributed by atoms with Crippen LogP contribution >= 0.6 is 10.7 Å². The summed E-state index contributed by atoms with van der Waals surface area (Å²) < 4.78 is 58.1. The van der Waals surface area contributed by atoms with Crippen LogP contribution in [0.4, 0.5) is 10.1 Å². The SMILES string of the molecule is O=[N+]([O-])c1ccc(S(=O)(=O)CCS(=O)(=O)Cl)c(F)c1. The molecule has 0 aliphatic carbocycles. The molecule has 0 saturated carbocycles. The van der Waals surface area contributed by atoms with Crippen molar-refractivity contribution in [3.8, 4) is 0 Å². The van der Waals surface area contributed by atoms with Gasteiger partial charge in [0.25, 0.3) is 5.69 Å². The van der Waals surface area contributed by atoms with Crippen molar-refractivity contribution >= 4 is 35.3 Å². The highest BCUT2D eigenvalue weighted by atomic mass is 35.7. The van der Waals surface area contributed by atoms with Gasteiger partial charge in [-0.3, -0.25) is 10.1 Å². The highest BCUT2D eigenvalue weighted by Gasteiger charge is 2.23. The Morgan fingerprint density at radius 3 is 2.21 bits per heavy atom. The molecule has 0 atom stereocenters. The van der Waals surface area contributed by atoms with Crippen LogP contribution in [0.3, 0.4) is 0 Å². The number of hydrogen-bond acceptors (Lipinski definition) is 6. The molecular formula is C8H7ClFNO6S2. The quantitative estimate of drug-likeness (QED) is 0.453. The third-order valence-corrected chi connectivity index (χ3v) is 5.21. The van der Waals surface area contributed by atoms with Crippen molar-refractivity contribution in [2.75, 3.05) is 11.5 Å². The number of halogens is 2. The predicted octanol–water partition coefficient (Wildman–Crippen LogP) is 1.08. The number of nitrogens with zero attached hydrogens (tertiary/aromatic N) is 1. The van der Waals surface area contributed by atoms with Crippen LogP contribution in [0.15, 0.2) is 23.1 Å². The molecule has 0 N–H and O–H groups in total. The molecule has 1 rings (SSSR count). The zero-order valence-electron chi connectivity index (χ0n) is 9.12. The van der Waals surface area contributed by atoms with Gasteiger partial charge in [-0.05, 0) is 6.07 Å². The van der Waals surface area contributed by atoms with Crippen LogP contribution in [-0.4, -0.2) is 33.3 Å². The second-order valence-electron chi connectivity index (χ2n) is 3.43. The van der Waals surface area contributed by atoms with E-state index >= 15 is 0 Å². The Morgan fingerprint density at radius 2 is 1.79 bits per heavy atom. The lowest BCUT2D eigenvalue weighted by atomic mass is 10.3. The molecule has 106 valence electrons. The van der Waals surface area contributed by atoms with Gasteiger partial charge in [-0.1, -0.05) is 0 Å². The molecule has 0 aromatic heterocycles. The molecule has 7 nitrogen and oxygen atoms in total. The smallest absolute Gasteiger partial charge is 0.258 e. The molecule has 0 spiro atoms. The van der Waals surface area contributed by atoms with E-state index in [4.69, 9.17) is 10.7 Å². The molecule has 0 amide bonds. The fourth-order valence-corrected chi connectivity index (χ4v) is 4.27. The van der Waals surface area contributed by atoms with E-state index in [-0.39, 0.29) is 0 Å². The summed E-state index contributed by atoms with van der Waals surface area (Å²) in [6.45, 7) is 0. The minimum atomic E-state index is -4.23. The predicted molar refractivity (Wildman–Crippen MR) is 64.7 cm³/mol. The molecule has 0 aliphatic heterocycles. The van der Waals surface area contributed by atoms with Crippen LogP contribution in [-0.2, 0) is 18.9 Å². The first-order chi connectivity index (χ1) is 8.53. The molecule has 0 unspecified atom stereocenters. The molecule has 19 heavy (non-hydrogen) atoms. The minimum absolute atomic E-state index is 0.447. The van der Waals surface area contributed by atoms with E-state index in [0.717, 1.165) is 6.07 Å². The summed E-state index contributed by atoms with van der Waals surface area (Å²) in [6.07, 6.45) is 0.